The predicted molar refractivity (Wildman–Crippen MR) is 70.8 cm³/mol. The molecule has 0 bridgehead atoms. The first kappa shape index (κ1) is 12.1. The number of aromatic nitrogens is 2. The van der Waals surface area contributed by atoms with Gasteiger partial charge in [0.05, 0.1) is 24.0 Å². The van der Waals surface area contributed by atoms with E-state index in [0.717, 1.165) is 24.1 Å². The molecule has 0 aliphatic heterocycles. The number of hydrogen-bond donors (Lipinski definition) is 0. The lowest BCUT2D eigenvalue weighted by Crippen LogP contribution is -2.09. The third-order valence-electron chi connectivity index (χ3n) is 2.90. The van der Waals surface area contributed by atoms with Gasteiger partial charge in [0.1, 0.15) is 10.9 Å². The van der Waals surface area contributed by atoms with Crippen LogP contribution in [0, 0.1) is 5.92 Å². The van der Waals surface area contributed by atoms with Crippen LogP contribution in [-0.2, 0) is 4.79 Å². The van der Waals surface area contributed by atoms with Gasteiger partial charge in [-0.2, -0.15) is 0 Å². The minimum Gasteiger partial charge on any atom is -0.426 e. The highest BCUT2D eigenvalue weighted by Crippen LogP contribution is 2.31. The maximum absolute atomic E-state index is 11.5. The summed E-state index contributed by atoms with van der Waals surface area (Å²) in [5, 5.41) is 0.360. The van der Waals surface area contributed by atoms with E-state index in [0.29, 0.717) is 10.9 Å². The monoisotopic (exact) mass is 274 g/mol. The fraction of sp³-hybridized carbons (Fsp3) is 0.214. The molecule has 96 valence electrons. The second-order valence-electron chi connectivity index (χ2n) is 4.44. The van der Waals surface area contributed by atoms with Crippen molar-refractivity contribution in [2.24, 2.45) is 5.92 Å². The number of nitrogens with zero attached hydrogens (tertiary/aromatic N) is 2. The average Bonchev–Trinajstić information content (AvgIpc) is 3.25. The molecule has 19 heavy (non-hydrogen) atoms. The van der Waals surface area contributed by atoms with E-state index in [1.165, 1.54) is 6.20 Å². The largest absolute Gasteiger partial charge is 0.426 e. The number of carbonyl (C=O) groups excluding carboxylic acids is 1. The van der Waals surface area contributed by atoms with E-state index in [-0.39, 0.29) is 11.9 Å². The van der Waals surface area contributed by atoms with Crippen LogP contribution in [-0.4, -0.2) is 15.9 Å². The second-order valence-corrected chi connectivity index (χ2v) is 4.83. The van der Waals surface area contributed by atoms with E-state index in [4.69, 9.17) is 16.3 Å². The number of carbonyl (C=O) groups is 1. The van der Waals surface area contributed by atoms with Crippen molar-refractivity contribution in [3.05, 3.63) is 41.8 Å². The Balaban J connectivity index is 1.74. The summed E-state index contributed by atoms with van der Waals surface area (Å²) in [4.78, 5) is 19.7. The van der Waals surface area contributed by atoms with Crippen molar-refractivity contribution in [3.8, 4) is 17.0 Å². The molecule has 1 heterocycles. The maximum Gasteiger partial charge on any atom is 0.314 e. The lowest BCUT2D eigenvalue weighted by atomic mass is 10.1. The molecule has 1 saturated carbocycles. The number of ether oxygens (including phenoxy) is 1. The van der Waals surface area contributed by atoms with Crippen molar-refractivity contribution in [1.82, 2.24) is 9.97 Å². The average molecular weight is 275 g/mol. The van der Waals surface area contributed by atoms with Crippen molar-refractivity contribution in [2.45, 2.75) is 12.8 Å². The highest BCUT2D eigenvalue weighted by atomic mass is 35.5. The van der Waals surface area contributed by atoms with Gasteiger partial charge in [-0.1, -0.05) is 11.6 Å². The van der Waals surface area contributed by atoms with Crippen molar-refractivity contribution in [2.75, 3.05) is 0 Å². The summed E-state index contributed by atoms with van der Waals surface area (Å²) in [6.07, 6.45) is 4.99. The third kappa shape index (κ3) is 2.90. The van der Waals surface area contributed by atoms with Crippen LogP contribution >= 0.6 is 11.6 Å². The molecule has 0 amide bonds. The van der Waals surface area contributed by atoms with Crippen molar-refractivity contribution in [3.63, 3.8) is 0 Å². The molecule has 1 aliphatic rings. The predicted octanol–water partition coefficient (Wildman–Crippen LogP) is 3.11. The highest BCUT2D eigenvalue weighted by Gasteiger charge is 2.31. The summed E-state index contributed by atoms with van der Waals surface area (Å²) in [5.74, 6) is 0.517. The summed E-state index contributed by atoms with van der Waals surface area (Å²) in [5.41, 5.74) is 1.62. The highest BCUT2D eigenvalue weighted by molar-refractivity contribution is 6.29. The molecule has 1 aromatic carbocycles. The van der Waals surface area contributed by atoms with Gasteiger partial charge < -0.3 is 4.74 Å². The van der Waals surface area contributed by atoms with Crippen LogP contribution in [0.25, 0.3) is 11.3 Å². The maximum atomic E-state index is 11.5. The first-order valence-electron chi connectivity index (χ1n) is 6.02. The molecule has 0 spiro atoms. The summed E-state index contributed by atoms with van der Waals surface area (Å²) in [6.45, 7) is 0. The van der Waals surface area contributed by atoms with Crippen LogP contribution in [0.2, 0.25) is 5.15 Å². The lowest BCUT2D eigenvalue weighted by molar-refractivity contribution is -0.135. The molecular weight excluding hydrogens is 264 g/mol. The normalized spacial score (nSPS) is 14.2. The number of esters is 1. The molecule has 2 aromatic rings. The summed E-state index contributed by atoms with van der Waals surface area (Å²) in [6, 6.07) is 7.19. The van der Waals surface area contributed by atoms with E-state index in [1.807, 2.05) is 12.1 Å². The molecule has 0 N–H and O–H groups in total. The summed E-state index contributed by atoms with van der Waals surface area (Å²) >= 11 is 5.69. The molecule has 1 aliphatic carbocycles. The van der Waals surface area contributed by atoms with Gasteiger partial charge in [0.2, 0.25) is 0 Å². The summed E-state index contributed by atoms with van der Waals surface area (Å²) in [7, 11) is 0. The Kier molecular flexibility index (Phi) is 3.17. The van der Waals surface area contributed by atoms with Crippen LogP contribution < -0.4 is 4.74 Å². The van der Waals surface area contributed by atoms with E-state index in [2.05, 4.69) is 9.97 Å². The quantitative estimate of drug-likeness (QED) is 0.637. The minimum atomic E-state index is -0.140. The number of halogens is 1. The minimum absolute atomic E-state index is 0.0989. The van der Waals surface area contributed by atoms with E-state index in [1.54, 1.807) is 18.3 Å². The molecule has 0 atom stereocenters. The zero-order valence-electron chi connectivity index (χ0n) is 10.0. The Hall–Kier alpha value is -1.94. The van der Waals surface area contributed by atoms with Gasteiger partial charge >= 0.3 is 5.97 Å². The Morgan fingerprint density at radius 3 is 2.47 bits per heavy atom. The van der Waals surface area contributed by atoms with E-state index in [9.17, 15) is 4.79 Å². The fourth-order valence-electron chi connectivity index (χ4n) is 1.67. The Morgan fingerprint density at radius 2 is 1.89 bits per heavy atom. The first-order valence-corrected chi connectivity index (χ1v) is 6.40. The van der Waals surface area contributed by atoms with Gasteiger partial charge in [0.25, 0.3) is 0 Å². The molecule has 0 unspecified atom stereocenters. The zero-order valence-corrected chi connectivity index (χ0v) is 10.8. The van der Waals surface area contributed by atoms with Crippen LogP contribution in [0.15, 0.2) is 36.7 Å². The van der Waals surface area contributed by atoms with Gasteiger partial charge in [-0.15, -0.1) is 0 Å². The van der Waals surface area contributed by atoms with Crippen LogP contribution in [0.3, 0.4) is 0 Å². The fourth-order valence-corrected chi connectivity index (χ4v) is 1.77. The van der Waals surface area contributed by atoms with E-state index < -0.39 is 0 Å². The molecule has 0 saturated heterocycles. The second kappa shape index (κ2) is 4.97. The molecule has 3 rings (SSSR count). The summed E-state index contributed by atoms with van der Waals surface area (Å²) < 4.78 is 5.25. The van der Waals surface area contributed by atoms with Crippen molar-refractivity contribution < 1.29 is 9.53 Å². The van der Waals surface area contributed by atoms with Crippen LogP contribution in [0.4, 0.5) is 0 Å². The van der Waals surface area contributed by atoms with E-state index >= 15 is 0 Å². The Labute approximate surface area is 115 Å². The van der Waals surface area contributed by atoms with Crippen molar-refractivity contribution >= 4 is 17.6 Å². The Morgan fingerprint density at radius 1 is 1.16 bits per heavy atom. The molecule has 5 heteroatoms. The van der Waals surface area contributed by atoms with Gasteiger partial charge in [0, 0.05) is 5.56 Å². The molecule has 0 radical (unpaired) electrons. The van der Waals surface area contributed by atoms with Gasteiger partial charge in [-0.25, -0.2) is 4.98 Å². The molecular formula is C14H11ClN2O2. The topological polar surface area (TPSA) is 52.1 Å². The zero-order chi connectivity index (χ0) is 13.2. The third-order valence-corrected chi connectivity index (χ3v) is 3.09. The number of benzene rings is 1. The standard InChI is InChI=1S/C14H11ClN2O2/c15-13-8-16-12(7-17-13)9-3-5-11(6-4-9)19-14(18)10-1-2-10/h3-8,10H,1-2H2. The van der Waals surface area contributed by atoms with Crippen LogP contribution in [0.5, 0.6) is 5.75 Å². The lowest BCUT2D eigenvalue weighted by Gasteiger charge is -2.04. The van der Waals surface area contributed by atoms with Crippen LogP contribution in [0.1, 0.15) is 12.8 Å². The Bertz CT molecular complexity index is 592. The number of hydrogen-bond acceptors (Lipinski definition) is 4. The van der Waals surface area contributed by atoms with Gasteiger partial charge in [-0.05, 0) is 37.1 Å². The van der Waals surface area contributed by atoms with Crippen molar-refractivity contribution in [1.29, 1.82) is 0 Å². The first-order chi connectivity index (χ1) is 9.22. The number of rotatable bonds is 3. The molecule has 1 fully saturated rings. The van der Waals surface area contributed by atoms with Gasteiger partial charge in [0.15, 0.2) is 0 Å². The SMILES string of the molecule is O=C(Oc1ccc(-c2cnc(Cl)cn2)cc1)C1CC1. The van der Waals surface area contributed by atoms with Gasteiger partial charge in [-0.3, -0.25) is 9.78 Å². The molecule has 1 aromatic heterocycles. The molecule has 4 nitrogen and oxygen atoms in total. The smallest absolute Gasteiger partial charge is 0.314 e.